The molecule has 0 aliphatic heterocycles. The fourth-order valence-corrected chi connectivity index (χ4v) is 5.33. The van der Waals surface area contributed by atoms with Crippen LogP contribution in [0.1, 0.15) is 47.0 Å². The van der Waals surface area contributed by atoms with Gasteiger partial charge in [-0.05, 0) is 52.7 Å². The molecule has 1 atom stereocenters. The zero-order valence-corrected chi connectivity index (χ0v) is 19.9. The first-order valence-corrected chi connectivity index (χ1v) is 11.4. The summed E-state index contributed by atoms with van der Waals surface area (Å²) < 4.78 is 35.0. The van der Waals surface area contributed by atoms with Crippen LogP contribution in [-0.2, 0) is 28.9 Å². The topological polar surface area (TPSA) is 86.7 Å². The van der Waals surface area contributed by atoms with Crippen molar-refractivity contribution >= 4 is 21.8 Å². The Balaban J connectivity index is 3.36. The van der Waals surface area contributed by atoms with E-state index in [1.165, 1.54) is 38.5 Å². The van der Waals surface area contributed by atoms with Crippen LogP contribution in [0.25, 0.3) is 0 Å². The molecule has 6 nitrogen and oxygen atoms in total. The van der Waals surface area contributed by atoms with E-state index in [0.29, 0.717) is 18.4 Å². The summed E-state index contributed by atoms with van der Waals surface area (Å²) in [7, 11) is -1.58. The summed E-state index contributed by atoms with van der Waals surface area (Å²) in [6.45, 7) is 7.11. The lowest BCUT2D eigenvalue weighted by molar-refractivity contribution is -0.142. The number of rotatable bonds is 10. The molecule has 0 amide bonds. The first-order valence-electron chi connectivity index (χ1n) is 9.95. The number of ether oxygens (including phenoxy) is 2. The molecule has 0 aliphatic rings. The number of carbonyl (C=O) groups excluding carboxylic acids is 2. The molecule has 1 unspecified atom stereocenters. The van der Waals surface area contributed by atoms with Gasteiger partial charge < -0.3 is 9.47 Å². The van der Waals surface area contributed by atoms with E-state index in [-0.39, 0.29) is 11.3 Å². The van der Waals surface area contributed by atoms with Crippen LogP contribution in [0.2, 0.25) is 0 Å². The number of methoxy groups -OCH3 is 2. The molecule has 7 heteroatoms. The third kappa shape index (κ3) is 6.92. The van der Waals surface area contributed by atoms with Crippen molar-refractivity contribution in [3.8, 4) is 0 Å². The largest absolute Gasteiger partial charge is 0.468 e. The molecule has 0 fully saturated rings. The number of hydrogen-bond donors (Lipinski definition) is 0. The fraction of sp³-hybridized carbons (Fsp3) is 0.417. The van der Waals surface area contributed by atoms with Gasteiger partial charge in [0.15, 0.2) is 14.6 Å². The lowest BCUT2D eigenvalue weighted by Gasteiger charge is -2.29. The molecule has 0 saturated carbocycles. The Kier molecular flexibility index (Phi) is 9.91. The van der Waals surface area contributed by atoms with Gasteiger partial charge in [-0.1, -0.05) is 47.1 Å². The highest BCUT2D eigenvalue weighted by atomic mass is 32.2. The van der Waals surface area contributed by atoms with Crippen molar-refractivity contribution in [2.75, 3.05) is 14.2 Å². The zero-order chi connectivity index (χ0) is 23.7. The van der Waals surface area contributed by atoms with Crippen molar-refractivity contribution in [2.45, 2.75) is 56.6 Å². The Morgan fingerprint density at radius 1 is 0.968 bits per heavy atom. The van der Waals surface area contributed by atoms with Crippen molar-refractivity contribution < 1.29 is 27.5 Å². The summed E-state index contributed by atoms with van der Waals surface area (Å²) >= 11 is 0. The number of hydrogen-bond acceptors (Lipinski definition) is 6. The Hall–Kier alpha value is -2.67. The average Bonchev–Trinajstić information content (AvgIpc) is 2.72. The van der Waals surface area contributed by atoms with Gasteiger partial charge in [0.2, 0.25) is 0 Å². The molecule has 0 spiro atoms. The van der Waals surface area contributed by atoms with Gasteiger partial charge in [-0.25, -0.2) is 18.0 Å². The number of esters is 2. The van der Waals surface area contributed by atoms with Gasteiger partial charge in [0.05, 0.1) is 19.1 Å². The van der Waals surface area contributed by atoms with E-state index in [9.17, 15) is 18.0 Å². The summed E-state index contributed by atoms with van der Waals surface area (Å²) in [5.74, 6) is -1.24. The number of carbonyl (C=O) groups is 2. The van der Waals surface area contributed by atoms with Gasteiger partial charge in [-0.2, -0.15) is 0 Å². The molecule has 31 heavy (non-hydrogen) atoms. The molecule has 0 radical (unpaired) electrons. The van der Waals surface area contributed by atoms with Gasteiger partial charge in [0.1, 0.15) is 0 Å². The molecule has 0 aliphatic carbocycles. The second-order valence-electron chi connectivity index (χ2n) is 7.70. The SMILES string of the molecule is COC(=O)/C=C(\C)CC/C=C(/C)CC(C=C(C)C)(C(=O)OC)S(=O)(=O)c1ccccc1. The van der Waals surface area contributed by atoms with Crippen LogP contribution in [-0.4, -0.2) is 39.3 Å². The Morgan fingerprint density at radius 3 is 2.10 bits per heavy atom. The Labute approximate surface area is 185 Å². The highest BCUT2D eigenvalue weighted by Crippen LogP contribution is 2.35. The number of benzene rings is 1. The van der Waals surface area contributed by atoms with Crippen molar-refractivity contribution in [3.63, 3.8) is 0 Å². The predicted molar refractivity (Wildman–Crippen MR) is 121 cm³/mol. The Bertz CT molecular complexity index is 967. The molecule has 1 aromatic rings. The van der Waals surface area contributed by atoms with Crippen molar-refractivity contribution in [3.05, 3.63) is 65.3 Å². The van der Waals surface area contributed by atoms with E-state index < -0.39 is 26.5 Å². The molecule has 1 rings (SSSR count). The summed E-state index contributed by atoms with van der Waals surface area (Å²) in [4.78, 5) is 24.3. The molecule has 0 N–H and O–H groups in total. The standard InChI is InChI=1S/C24H32O6S/c1-18(2)16-24(23(26)30-6,31(27,28)21-13-8-7-9-14-21)17-20(4)12-10-11-19(3)15-22(25)29-5/h7-9,12-16H,10-11,17H2,1-6H3/b19-15+,20-12-. The van der Waals surface area contributed by atoms with Crippen LogP contribution in [0.15, 0.2) is 70.2 Å². The predicted octanol–water partition coefficient (Wildman–Crippen LogP) is 4.57. The van der Waals surface area contributed by atoms with Gasteiger partial charge in [-0.15, -0.1) is 0 Å². The van der Waals surface area contributed by atoms with Crippen LogP contribution in [0.3, 0.4) is 0 Å². The van der Waals surface area contributed by atoms with E-state index >= 15 is 0 Å². The summed E-state index contributed by atoms with van der Waals surface area (Å²) in [6.07, 6.45) is 5.92. The molecule has 0 saturated heterocycles. The van der Waals surface area contributed by atoms with Gasteiger partial charge in [0, 0.05) is 12.5 Å². The third-order valence-corrected chi connectivity index (χ3v) is 7.00. The average molecular weight is 449 g/mol. The lowest BCUT2D eigenvalue weighted by Crippen LogP contribution is -2.46. The highest BCUT2D eigenvalue weighted by molar-refractivity contribution is 7.93. The molecule has 170 valence electrons. The fourth-order valence-electron chi connectivity index (χ4n) is 3.28. The van der Waals surface area contributed by atoms with Crippen LogP contribution in [0.5, 0.6) is 0 Å². The van der Waals surface area contributed by atoms with E-state index in [2.05, 4.69) is 4.74 Å². The zero-order valence-electron chi connectivity index (χ0n) is 19.1. The molecular weight excluding hydrogens is 416 g/mol. The van der Waals surface area contributed by atoms with Crippen LogP contribution in [0.4, 0.5) is 0 Å². The smallest absolute Gasteiger partial charge is 0.331 e. The van der Waals surface area contributed by atoms with Crippen LogP contribution < -0.4 is 0 Å². The summed E-state index contributed by atoms with van der Waals surface area (Å²) in [5.41, 5.74) is 2.26. The number of allylic oxidation sites excluding steroid dienone is 4. The summed E-state index contributed by atoms with van der Waals surface area (Å²) in [5, 5.41) is 0. The van der Waals surface area contributed by atoms with E-state index in [1.807, 2.05) is 13.0 Å². The minimum atomic E-state index is -4.09. The van der Waals surface area contributed by atoms with Crippen LogP contribution in [0, 0.1) is 0 Å². The molecule has 0 aromatic heterocycles. The maximum Gasteiger partial charge on any atom is 0.331 e. The van der Waals surface area contributed by atoms with Gasteiger partial charge in [0.25, 0.3) is 0 Å². The maximum atomic E-state index is 13.6. The minimum Gasteiger partial charge on any atom is -0.468 e. The molecule has 1 aromatic carbocycles. The highest BCUT2D eigenvalue weighted by Gasteiger charge is 2.50. The monoisotopic (exact) mass is 448 g/mol. The quantitative estimate of drug-likeness (QED) is 0.296. The second kappa shape index (κ2) is 11.6. The van der Waals surface area contributed by atoms with E-state index in [0.717, 1.165) is 11.1 Å². The maximum absolute atomic E-state index is 13.6. The van der Waals surface area contributed by atoms with Gasteiger partial charge >= 0.3 is 11.9 Å². The molecule has 0 heterocycles. The first kappa shape index (κ1) is 26.4. The van der Waals surface area contributed by atoms with Crippen molar-refractivity contribution in [1.82, 2.24) is 0 Å². The number of sulfone groups is 1. The molecular formula is C24H32O6S. The van der Waals surface area contributed by atoms with E-state index in [1.54, 1.807) is 39.0 Å². The van der Waals surface area contributed by atoms with Gasteiger partial charge in [-0.3, -0.25) is 0 Å². The first-order chi connectivity index (χ1) is 14.5. The molecule has 0 bridgehead atoms. The summed E-state index contributed by atoms with van der Waals surface area (Å²) in [6, 6.07) is 7.92. The van der Waals surface area contributed by atoms with Crippen molar-refractivity contribution in [2.24, 2.45) is 0 Å². The van der Waals surface area contributed by atoms with E-state index in [4.69, 9.17) is 4.74 Å². The van der Waals surface area contributed by atoms with Crippen LogP contribution >= 0.6 is 0 Å². The third-order valence-electron chi connectivity index (χ3n) is 4.72. The second-order valence-corrected chi connectivity index (χ2v) is 9.91. The Morgan fingerprint density at radius 2 is 1.58 bits per heavy atom. The lowest BCUT2D eigenvalue weighted by atomic mass is 9.95. The normalized spacial score (nSPS) is 14.4. The van der Waals surface area contributed by atoms with Crippen molar-refractivity contribution in [1.29, 1.82) is 0 Å². The minimum absolute atomic E-state index is 0.0398.